The van der Waals surface area contributed by atoms with Gasteiger partial charge < -0.3 is 10.6 Å². The molecule has 1 saturated heterocycles. The molecule has 1 aliphatic heterocycles. The summed E-state index contributed by atoms with van der Waals surface area (Å²) >= 11 is 11.7. The maximum Gasteiger partial charge on any atom is 0.224 e. The Morgan fingerprint density at radius 3 is 2.80 bits per heavy atom. The summed E-state index contributed by atoms with van der Waals surface area (Å²) in [5.41, 5.74) is 0. The summed E-state index contributed by atoms with van der Waals surface area (Å²) in [5.74, 6) is 0.628. The fourth-order valence-electron chi connectivity index (χ4n) is 1.61. The summed E-state index contributed by atoms with van der Waals surface area (Å²) in [6.45, 7) is 2.04. The summed E-state index contributed by atoms with van der Waals surface area (Å²) in [5, 5.41) is 7.31. The lowest BCUT2D eigenvalue weighted by atomic mass is 10.1. The molecule has 6 heteroatoms. The van der Waals surface area contributed by atoms with Crippen LogP contribution in [0.5, 0.6) is 0 Å². The number of hydrogen-bond acceptors (Lipinski definition) is 4. The zero-order valence-electron chi connectivity index (χ0n) is 8.13. The second kappa shape index (κ2) is 4.96. The van der Waals surface area contributed by atoms with Gasteiger partial charge in [-0.25, -0.2) is 4.98 Å². The summed E-state index contributed by atoms with van der Waals surface area (Å²) in [6, 6.07) is 0.412. The van der Waals surface area contributed by atoms with Crippen molar-refractivity contribution in [2.45, 2.75) is 18.9 Å². The van der Waals surface area contributed by atoms with E-state index >= 15 is 0 Å². The molecule has 82 valence electrons. The van der Waals surface area contributed by atoms with Gasteiger partial charge in [0, 0.05) is 6.04 Å². The third-order valence-corrected chi connectivity index (χ3v) is 2.85. The summed E-state index contributed by atoms with van der Waals surface area (Å²) in [4.78, 5) is 7.86. The van der Waals surface area contributed by atoms with Crippen LogP contribution in [0.4, 0.5) is 5.82 Å². The Labute approximate surface area is 98.4 Å². The molecular weight excluding hydrogens is 235 g/mol. The van der Waals surface area contributed by atoms with E-state index in [1.54, 1.807) is 0 Å². The summed E-state index contributed by atoms with van der Waals surface area (Å²) in [7, 11) is 0. The molecule has 0 atom stereocenters. The van der Waals surface area contributed by atoms with E-state index in [2.05, 4.69) is 20.6 Å². The van der Waals surface area contributed by atoms with Gasteiger partial charge in [-0.2, -0.15) is 4.98 Å². The number of rotatable bonds is 2. The largest absolute Gasteiger partial charge is 0.366 e. The lowest BCUT2D eigenvalue weighted by Crippen LogP contribution is -2.35. The Morgan fingerprint density at radius 1 is 1.33 bits per heavy atom. The van der Waals surface area contributed by atoms with Gasteiger partial charge in [0.05, 0.1) is 6.20 Å². The van der Waals surface area contributed by atoms with E-state index in [-0.39, 0.29) is 5.28 Å². The second-order valence-corrected chi connectivity index (χ2v) is 4.25. The zero-order valence-corrected chi connectivity index (χ0v) is 9.65. The second-order valence-electron chi connectivity index (χ2n) is 3.50. The molecule has 0 unspecified atom stereocenters. The van der Waals surface area contributed by atoms with Crippen LogP contribution in [0.1, 0.15) is 12.8 Å². The number of aromatic nitrogens is 2. The monoisotopic (exact) mass is 246 g/mol. The number of anilines is 1. The smallest absolute Gasteiger partial charge is 0.224 e. The molecular formula is C9H12Cl2N4. The van der Waals surface area contributed by atoms with Crippen LogP contribution in [-0.4, -0.2) is 29.1 Å². The Hall–Kier alpha value is -0.580. The molecule has 2 heterocycles. The quantitative estimate of drug-likeness (QED) is 0.784. The van der Waals surface area contributed by atoms with Crippen LogP contribution in [0, 0.1) is 0 Å². The third kappa shape index (κ3) is 2.93. The maximum absolute atomic E-state index is 5.95. The molecule has 1 aromatic heterocycles. The van der Waals surface area contributed by atoms with E-state index in [9.17, 15) is 0 Å². The van der Waals surface area contributed by atoms with E-state index in [4.69, 9.17) is 23.2 Å². The average molecular weight is 247 g/mol. The van der Waals surface area contributed by atoms with E-state index in [0.717, 1.165) is 25.9 Å². The number of hydrogen-bond donors (Lipinski definition) is 2. The highest BCUT2D eigenvalue weighted by atomic mass is 35.5. The Morgan fingerprint density at radius 2 is 2.07 bits per heavy atom. The van der Waals surface area contributed by atoms with Gasteiger partial charge in [-0.05, 0) is 37.5 Å². The molecule has 0 saturated carbocycles. The van der Waals surface area contributed by atoms with Crippen LogP contribution in [0.3, 0.4) is 0 Å². The number of piperidine rings is 1. The highest BCUT2D eigenvalue weighted by Crippen LogP contribution is 2.21. The van der Waals surface area contributed by atoms with E-state index in [1.165, 1.54) is 6.20 Å². The highest BCUT2D eigenvalue weighted by molar-refractivity contribution is 6.33. The van der Waals surface area contributed by atoms with Gasteiger partial charge in [0.2, 0.25) is 5.28 Å². The lowest BCUT2D eigenvalue weighted by Gasteiger charge is -2.24. The molecule has 0 bridgehead atoms. The highest BCUT2D eigenvalue weighted by Gasteiger charge is 2.14. The topological polar surface area (TPSA) is 49.8 Å². The first-order valence-corrected chi connectivity index (χ1v) is 5.66. The minimum Gasteiger partial charge on any atom is -0.366 e. The fraction of sp³-hybridized carbons (Fsp3) is 0.556. The molecule has 0 spiro atoms. The first-order valence-electron chi connectivity index (χ1n) is 4.91. The van der Waals surface area contributed by atoms with Crippen molar-refractivity contribution in [3.63, 3.8) is 0 Å². The Balaban J connectivity index is 2.05. The fourth-order valence-corrected chi connectivity index (χ4v) is 1.89. The molecule has 0 aromatic carbocycles. The number of nitrogens with one attached hydrogen (secondary N) is 2. The Bertz CT molecular complexity index is 339. The molecule has 1 aromatic rings. The maximum atomic E-state index is 5.95. The molecule has 2 N–H and O–H groups in total. The van der Waals surface area contributed by atoms with Gasteiger partial charge in [-0.1, -0.05) is 11.6 Å². The number of nitrogens with zero attached hydrogens (tertiary/aromatic N) is 2. The standard InChI is InChI=1S/C9H12Cl2N4/c10-7-5-13-9(11)15-8(7)14-6-1-3-12-4-2-6/h5-6,12H,1-4H2,(H,13,14,15). The van der Waals surface area contributed by atoms with Gasteiger partial charge in [0.1, 0.15) is 10.8 Å². The van der Waals surface area contributed by atoms with Crippen molar-refractivity contribution in [2.75, 3.05) is 18.4 Å². The van der Waals surface area contributed by atoms with Gasteiger partial charge in [0.25, 0.3) is 0 Å². The minimum atomic E-state index is 0.218. The van der Waals surface area contributed by atoms with Crippen molar-refractivity contribution in [1.82, 2.24) is 15.3 Å². The van der Waals surface area contributed by atoms with Crippen LogP contribution < -0.4 is 10.6 Å². The SMILES string of the molecule is Clc1ncc(Cl)c(NC2CCNCC2)n1. The molecule has 1 aliphatic rings. The molecule has 0 amide bonds. The summed E-state index contributed by atoms with van der Waals surface area (Å²) in [6.07, 6.45) is 3.65. The normalized spacial score (nSPS) is 17.7. The van der Waals surface area contributed by atoms with Crippen molar-refractivity contribution in [3.8, 4) is 0 Å². The predicted octanol–water partition coefficient (Wildman–Crippen LogP) is 1.95. The van der Waals surface area contributed by atoms with Crippen LogP contribution in [0.15, 0.2) is 6.20 Å². The van der Waals surface area contributed by atoms with Gasteiger partial charge >= 0.3 is 0 Å². The van der Waals surface area contributed by atoms with Crippen molar-refractivity contribution in [2.24, 2.45) is 0 Å². The zero-order chi connectivity index (χ0) is 10.7. The lowest BCUT2D eigenvalue weighted by molar-refractivity contribution is 0.478. The first kappa shape index (κ1) is 10.9. The van der Waals surface area contributed by atoms with E-state index in [1.807, 2.05) is 0 Å². The van der Waals surface area contributed by atoms with Crippen LogP contribution in [-0.2, 0) is 0 Å². The van der Waals surface area contributed by atoms with Gasteiger partial charge in [0.15, 0.2) is 0 Å². The molecule has 0 radical (unpaired) electrons. The first-order chi connectivity index (χ1) is 7.25. The Kier molecular flexibility index (Phi) is 3.61. The molecule has 15 heavy (non-hydrogen) atoms. The van der Waals surface area contributed by atoms with Gasteiger partial charge in [-0.3, -0.25) is 0 Å². The van der Waals surface area contributed by atoms with E-state index in [0.29, 0.717) is 16.9 Å². The molecule has 2 rings (SSSR count). The van der Waals surface area contributed by atoms with Crippen molar-refractivity contribution >= 4 is 29.0 Å². The average Bonchev–Trinajstić information content (AvgIpc) is 2.25. The van der Waals surface area contributed by atoms with Crippen molar-refractivity contribution in [3.05, 3.63) is 16.5 Å². The van der Waals surface area contributed by atoms with Crippen LogP contribution in [0.2, 0.25) is 10.3 Å². The van der Waals surface area contributed by atoms with Gasteiger partial charge in [-0.15, -0.1) is 0 Å². The molecule has 4 nitrogen and oxygen atoms in total. The van der Waals surface area contributed by atoms with E-state index < -0.39 is 0 Å². The molecule has 0 aliphatic carbocycles. The van der Waals surface area contributed by atoms with Crippen LogP contribution >= 0.6 is 23.2 Å². The third-order valence-electron chi connectivity index (χ3n) is 2.39. The summed E-state index contributed by atoms with van der Waals surface area (Å²) < 4.78 is 0. The van der Waals surface area contributed by atoms with Crippen molar-refractivity contribution < 1.29 is 0 Å². The predicted molar refractivity (Wildman–Crippen MR) is 61.6 cm³/mol. The number of halogens is 2. The molecule has 1 fully saturated rings. The van der Waals surface area contributed by atoms with Crippen molar-refractivity contribution in [1.29, 1.82) is 0 Å². The minimum absolute atomic E-state index is 0.218. The van der Waals surface area contributed by atoms with Crippen LogP contribution in [0.25, 0.3) is 0 Å².